The van der Waals surface area contributed by atoms with Gasteiger partial charge in [0.05, 0.1) is 19.3 Å². The lowest BCUT2D eigenvalue weighted by atomic mass is 10.1. The zero-order valence-corrected chi connectivity index (χ0v) is 9.47. The van der Waals surface area contributed by atoms with Crippen molar-refractivity contribution in [2.45, 2.75) is 18.8 Å². The molecule has 0 saturated carbocycles. The second-order valence-corrected chi connectivity index (χ2v) is 4.37. The number of alkyl halides is 2. The third kappa shape index (κ3) is 1.75. The molecule has 2 aromatic rings. The summed E-state index contributed by atoms with van der Waals surface area (Å²) in [7, 11) is 0. The van der Waals surface area contributed by atoms with E-state index in [1.165, 1.54) is 18.7 Å². The van der Waals surface area contributed by atoms with E-state index in [0.29, 0.717) is 15.8 Å². The van der Waals surface area contributed by atoms with Crippen molar-refractivity contribution < 1.29 is 17.9 Å². The third-order valence-electron chi connectivity index (χ3n) is 3.17. The van der Waals surface area contributed by atoms with E-state index in [1.54, 1.807) is 4.90 Å². The van der Waals surface area contributed by atoms with Crippen LogP contribution in [0.5, 0.6) is 0 Å². The van der Waals surface area contributed by atoms with Gasteiger partial charge in [0.15, 0.2) is 6.39 Å². The highest BCUT2D eigenvalue weighted by Gasteiger charge is 2.39. The second kappa shape index (κ2) is 3.79. The molecule has 0 aromatic carbocycles. The van der Waals surface area contributed by atoms with E-state index in [0.717, 1.165) is 0 Å². The van der Waals surface area contributed by atoms with Crippen LogP contribution in [0.4, 0.5) is 14.6 Å². The van der Waals surface area contributed by atoms with Crippen LogP contribution in [-0.2, 0) is 0 Å². The third-order valence-corrected chi connectivity index (χ3v) is 3.17. The Morgan fingerprint density at radius 1 is 1.39 bits per heavy atom. The van der Waals surface area contributed by atoms with Crippen LogP contribution in [0.15, 0.2) is 23.1 Å². The molecule has 1 saturated heterocycles. The maximum absolute atomic E-state index is 13.1. The molecular weight excluding hydrogens is 244 g/mol. The highest BCUT2D eigenvalue weighted by atomic mass is 19.3. The first-order chi connectivity index (χ1) is 8.57. The molecule has 2 aromatic heterocycles. The number of fused-ring (bicyclic) bond motifs is 1. The molecular formula is C11H11F2N3O2. The molecule has 0 unspecified atom stereocenters. The Morgan fingerprint density at radius 3 is 2.83 bits per heavy atom. The van der Waals surface area contributed by atoms with E-state index in [4.69, 9.17) is 4.42 Å². The van der Waals surface area contributed by atoms with Gasteiger partial charge in [-0.3, -0.25) is 4.90 Å². The van der Waals surface area contributed by atoms with Gasteiger partial charge < -0.3 is 9.62 Å². The molecule has 0 radical (unpaired) electrons. The fourth-order valence-electron chi connectivity index (χ4n) is 2.18. The van der Waals surface area contributed by atoms with E-state index in [-0.39, 0.29) is 31.7 Å². The molecule has 0 amide bonds. The van der Waals surface area contributed by atoms with Gasteiger partial charge in [-0.05, 0) is 0 Å². The summed E-state index contributed by atoms with van der Waals surface area (Å²) in [6.45, 7) is 0.268. The van der Waals surface area contributed by atoms with Crippen LogP contribution in [-0.4, -0.2) is 24.0 Å². The molecule has 1 aliphatic heterocycles. The number of anilines is 1. The highest BCUT2D eigenvalue weighted by molar-refractivity contribution is 5.81. The quantitative estimate of drug-likeness (QED) is 0.575. The molecule has 7 heteroatoms. The van der Waals surface area contributed by atoms with Gasteiger partial charge in [0.25, 0.3) is 5.92 Å². The lowest BCUT2D eigenvalue weighted by Crippen LogP contribution is -2.45. The summed E-state index contributed by atoms with van der Waals surface area (Å²) >= 11 is 0. The van der Waals surface area contributed by atoms with Crippen LogP contribution in [0.25, 0.3) is 11.1 Å². The topological polar surface area (TPSA) is 56.2 Å². The maximum Gasteiger partial charge on any atom is 0.325 e. The van der Waals surface area contributed by atoms with Crippen molar-refractivity contribution in [1.29, 1.82) is 0 Å². The average molecular weight is 255 g/mol. The minimum atomic E-state index is -2.64. The van der Waals surface area contributed by atoms with Gasteiger partial charge >= 0.3 is 5.82 Å². The monoisotopic (exact) mass is 255 g/mol. The number of aromatic nitrogens is 2. The summed E-state index contributed by atoms with van der Waals surface area (Å²) in [4.78, 5) is 5.57. The van der Waals surface area contributed by atoms with Crippen molar-refractivity contribution in [1.82, 2.24) is 4.98 Å². The Kier molecular flexibility index (Phi) is 2.36. The SMILES string of the molecule is [O-][n+]1ccc2ncoc2c1N1CCC(F)(F)CC1. The molecule has 0 spiro atoms. The van der Waals surface area contributed by atoms with E-state index in [9.17, 15) is 14.0 Å². The first kappa shape index (κ1) is 11.2. The van der Waals surface area contributed by atoms with Gasteiger partial charge in [-0.25, -0.2) is 18.5 Å². The molecule has 0 N–H and O–H groups in total. The van der Waals surface area contributed by atoms with Crippen LogP contribution in [0.3, 0.4) is 0 Å². The van der Waals surface area contributed by atoms with Crippen molar-refractivity contribution in [3.63, 3.8) is 0 Å². The van der Waals surface area contributed by atoms with Crippen molar-refractivity contribution >= 4 is 16.9 Å². The molecule has 96 valence electrons. The van der Waals surface area contributed by atoms with Gasteiger partial charge in [-0.2, -0.15) is 0 Å². The predicted octanol–water partition coefficient (Wildman–Crippen LogP) is 1.70. The number of halogens is 2. The molecule has 18 heavy (non-hydrogen) atoms. The Balaban J connectivity index is 1.99. The minimum Gasteiger partial charge on any atom is -0.711 e. The Bertz CT molecular complexity index is 575. The minimum absolute atomic E-state index is 0.134. The van der Waals surface area contributed by atoms with Crippen LogP contribution >= 0.6 is 0 Å². The fraction of sp³-hybridized carbons (Fsp3) is 0.455. The van der Waals surface area contributed by atoms with E-state index in [1.807, 2.05) is 0 Å². The van der Waals surface area contributed by atoms with Gasteiger partial charge in [0.2, 0.25) is 5.58 Å². The van der Waals surface area contributed by atoms with Crippen molar-refractivity contribution in [3.05, 3.63) is 23.9 Å². The summed E-state index contributed by atoms with van der Waals surface area (Å²) in [6.07, 6.45) is 2.05. The molecule has 0 bridgehead atoms. The van der Waals surface area contributed by atoms with Gasteiger partial charge in [0.1, 0.15) is 5.52 Å². The van der Waals surface area contributed by atoms with Gasteiger partial charge in [-0.15, -0.1) is 0 Å². The zero-order valence-electron chi connectivity index (χ0n) is 9.47. The van der Waals surface area contributed by atoms with E-state index < -0.39 is 5.92 Å². The molecule has 3 heterocycles. The standard InChI is InChI=1S/C11H11F2N3O2/c12-11(13)2-5-15(6-3-11)10-9-8(14-7-18-9)1-4-16(10)17/h1,4,7H,2-3,5-6H2. The highest BCUT2D eigenvalue weighted by Crippen LogP contribution is 2.31. The Labute approximate surface area is 101 Å². The summed E-state index contributed by atoms with van der Waals surface area (Å²) < 4.78 is 32.0. The van der Waals surface area contributed by atoms with Crippen molar-refractivity contribution in [2.24, 2.45) is 0 Å². The fourth-order valence-corrected chi connectivity index (χ4v) is 2.18. The number of hydrogen-bond acceptors (Lipinski definition) is 4. The summed E-state index contributed by atoms with van der Waals surface area (Å²) in [5.41, 5.74) is 0.896. The molecule has 0 atom stereocenters. The number of piperidine rings is 1. The number of nitrogens with zero attached hydrogens (tertiary/aromatic N) is 3. The number of oxazole rings is 1. The smallest absolute Gasteiger partial charge is 0.325 e. The molecule has 3 rings (SSSR count). The lowest BCUT2D eigenvalue weighted by Gasteiger charge is -2.28. The summed E-state index contributed by atoms with van der Waals surface area (Å²) in [5, 5.41) is 11.8. The van der Waals surface area contributed by atoms with E-state index >= 15 is 0 Å². The first-order valence-corrected chi connectivity index (χ1v) is 5.65. The number of pyridine rings is 1. The predicted molar refractivity (Wildman–Crippen MR) is 59.4 cm³/mol. The molecule has 1 fully saturated rings. The van der Waals surface area contributed by atoms with E-state index in [2.05, 4.69) is 4.98 Å². The summed E-state index contributed by atoms with van der Waals surface area (Å²) in [5.74, 6) is -2.38. The summed E-state index contributed by atoms with van der Waals surface area (Å²) in [6, 6.07) is 1.54. The first-order valence-electron chi connectivity index (χ1n) is 5.65. The second-order valence-electron chi connectivity index (χ2n) is 4.37. The van der Waals surface area contributed by atoms with Crippen LogP contribution in [0.2, 0.25) is 0 Å². The number of rotatable bonds is 1. The number of hydrogen-bond donors (Lipinski definition) is 0. The van der Waals surface area contributed by atoms with Gasteiger partial charge in [-0.1, -0.05) is 0 Å². The zero-order chi connectivity index (χ0) is 12.8. The molecule has 1 aliphatic rings. The van der Waals surface area contributed by atoms with Crippen molar-refractivity contribution in [2.75, 3.05) is 18.0 Å². The average Bonchev–Trinajstić information content (AvgIpc) is 2.78. The Morgan fingerprint density at radius 2 is 2.11 bits per heavy atom. The largest absolute Gasteiger partial charge is 0.711 e. The van der Waals surface area contributed by atoms with Crippen molar-refractivity contribution in [3.8, 4) is 0 Å². The Hall–Kier alpha value is -1.92. The molecule has 0 aliphatic carbocycles. The van der Waals surface area contributed by atoms with Crippen LogP contribution in [0.1, 0.15) is 12.8 Å². The van der Waals surface area contributed by atoms with Crippen LogP contribution in [0, 0.1) is 5.21 Å². The normalized spacial score (nSPS) is 19.3. The van der Waals surface area contributed by atoms with Crippen LogP contribution < -0.4 is 9.63 Å². The molecule has 5 nitrogen and oxygen atoms in total. The van der Waals surface area contributed by atoms with Gasteiger partial charge in [0, 0.05) is 18.9 Å². The maximum atomic E-state index is 13.1. The lowest BCUT2D eigenvalue weighted by molar-refractivity contribution is -0.591.